The normalized spacial score (nSPS) is 12.6. The molecule has 6 heteroatoms. The maximum absolute atomic E-state index is 12.8. The Hall–Kier alpha value is -1.11. The van der Waals surface area contributed by atoms with E-state index in [4.69, 9.17) is 5.73 Å². The molecule has 0 aliphatic rings. The van der Waals surface area contributed by atoms with Crippen LogP contribution in [0.1, 0.15) is 19.4 Å². The van der Waals surface area contributed by atoms with Gasteiger partial charge in [0.1, 0.15) is 0 Å². The number of nitrogens with zero attached hydrogens (tertiary/aromatic N) is 2. The first-order chi connectivity index (χ1) is 9.62. The number of hydrogen-bond donors (Lipinski definition) is 1. The van der Waals surface area contributed by atoms with Crippen molar-refractivity contribution in [1.29, 1.82) is 0 Å². The van der Waals surface area contributed by atoms with Crippen LogP contribution < -0.4 is 5.73 Å². The fraction of sp³-hybridized carbons (Fsp3) is 0.600. The maximum atomic E-state index is 12.8. The van der Waals surface area contributed by atoms with Crippen molar-refractivity contribution in [1.82, 2.24) is 9.21 Å². The molecule has 0 amide bonds. The van der Waals surface area contributed by atoms with Gasteiger partial charge in [0, 0.05) is 25.3 Å². The van der Waals surface area contributed by atoms with Crippen molar-refractivity contribution in [3.8, 4) is 0 Å². The fourth-order valence-corrected chi connectivity index (χ4v) is 3.84. The van der Waals surface area contributed by atoms with Crippen molar-refractivity contribution >= 4 is 15.7 Å². The zero-order valence-electron chi connectivity index (χ0n) is 13.6. The lowest BCUT2D eigenvalue weighted by Gasteiger charge is -2.25. The van der Waals surface area contributed by atoms with Crippen molar-refractivity contribution in [2.75, 3.05) is 39.5 Å². The van der Waals surface area contributed by atoms with E-state index in [1.54, 1.807) is 16.4 Å². The van der Waals surface area contributed by atoms with Crippen LogP contribution in [-0.2, 0) is 10.0 Å². The molecule has 21 heavy (non-hydrogen) atoms. The first-order valence-corrected chi connectivity index (χ1v) is 8.59. The number of nitrogens with two attached hydrogens (primary N) is 1. The highest BCUT2D eigenvalue weighted by atomic mass is 32.2. The summed E-state index contributed by atoms with van der Waals surface area (Å²) in [5, 5.41) is 0. The molecule has 2 N–H and O–H groups in total. The molecule has 0 saturated heterocycles. The van der Waals surface area contributed by atoms with Crippen LogP contribution in [0, 0.1) is 12.8 Å². The number of aryl methyl sites for hydroxylation is 1. The summed E-state index contributed by atoms with van der Waals surface area (Å²) in [4.78, 5) is 2.26. The van der Waals surface area contributed by atoms with E-state index in [2.05, 4.69) is 0 Å². The smallest absolute Gasteiger partial charge is 0.243 e. The molecule has 0 heterocycles. The second kappa shape index (κ2) is 7.24. The van der Waals surface area contributed by atoms with Gasteiger partial charge in [0.15, 0.2) is 0 Å². The maximum Gasteiger partial charge on any atom is 0.243 e. The summed E-state index contributed by atoms with van der Waals surface area (Å²) in [5.41, 5.74) is 7.12. The third kappa shape index (κ3) is 5.30. The zero-order valence-corrected chi connectivity index (χ0v) is 14.4. The van der Waals surface area contributed by atoms with E-state index in [9.17, 15) is 8.42 Å². The second-order valence-corrected chi connectivity index (χ2v) is 8.08. The summed E-state index contributed by atoms with van der Waals surface area (Å²) in [6, 6.07) is 4.98. The summed E-state index contributed by atoms with van der Waals surface area (Å²) < 4.78 is 27.2. The minimum Gasteiger partial charge on any atom is -0.399 e. The van der Waals surface area contributed by atoms with Gasteiger partial charge < -0.3 is 10.6 Å². The van der Waals surface area contributed by atoms with Gasteiger partial charge in [0.05, 0.1) is 4.90 Å². The molecule has 0 bridgehead atoms. The molecule has 0 unspecified atom stereocenters. The Labute approximate surface area is 128 Å². The third-order valence-electron chi connectivity index (χ3n) is 3.08. The minimum absolute atomic E-state index is 0.268. The first-order valence-electron chi connectivity index (χ1n) is 7.15. The molecule has 0 saturated carbocycles. The van der Waals surface area contributed by atoms with Crippen molar-refractivity contribution < 1.29 is 8.42 Å². The van der Waals surface area contributed by atoms with E-state index in [1.807, 2.05) is 39.8 Å². The topological polar surface area (TPSA) is 66.6 Å². The predicted octanol–water partition coefficient (Wildman–Crippen LogP) is 1.79. The minimum atomic E-state index is -3.51. The van der Waals surface area contributed by atoms with Crippen molar-refractivity contribution in [3.63, 3.8) is 0 Å². The van der Waals surface area contributed by atoms with Crippen LogP contribution in [-0.4, -0.2) is 51.4 Å². The van der Waals surface area contributed by atoms with Crippen molar-refractivity contribution in [2.45, 2.75) is 25.7 Å². The SMILES string of the molecule is Cc1cc(N)cc(S(=O)(=O)N(CCN(C)C)CC(C)C)c1. The summed E-state index contributed by atoms with van der Waals surface area (Å²) >= 11 is 0. The molecular formula is C15H27N3O2S. The molecule has 5 nitrogen and oxygen atoms in total. The quantitative estimate of drug-likeness (QED) is 0.779. The number of anilines is 1. The Morgan fingerprint density at radius 1 is 1.14 bits per heavy atom. The van der Waals surface area contributed by atoms with Crippen LogP contribution >= 0.6 is 0 Å². The van der Waals surface area contributed by atoms with E-state index < -0.39 is 10.0 Å². The van der Waals surface area contributed by atoms with E-state index >= 15 is 0 Å². The van der Waals surface area contributed by atoms with Gasteiger partial charge in [-0.1, -0.05) is 13.8 Å². The number of sulfonamides is 1. The highest BCUT2D eigenvalue weighted by Gasteiger charge is 2.25. The molecular weight excluding hydrogens is 286 g/mol. The monoisotopic (exact) mass is 313 g/mol. The van der Waals surface area contributed by atoms with Crippen LogP contribution in [0.25, 0.3) is 0 Å². The van der Waals surface area contributed by atoms with E-state index in [0.29, 0.717) is 25.3 Å². The average Bonchev–Trinajstić information content (AvgIpc) is 2.32. The molecule has 0 spiro atoms. The first kappa shape index (κ1) is 17.9. The Morgan fingerprint density at radius 3 is 2.24 bits per heavy atom. The highest BCUT2D eigenvalue weighted by Crippen LogP contribution is 2.21. The second-order valence-electron chi connectivity index (χ2n) is 6.14. The molecule has 0 aliphatic heterocycles. The van der Waals surface area contributed by atoms with Gasteiger partial charge in [0.2, 0.25) is 10.0 Å². The molecule has 1 rings (SSSR count). The standard InChI is InChI=1S/C15H27N3O2S/c1-12(2)11-18(7-6-17(4)5)21(19,20)15-9-13(3)8-14(16)10-15/h8-10,12H,6-7,11,16H2,1-5H3. The van der Waals surface area contributed by atoms with Gasteiger partial charge in [-0.2, -0.15) is 4.31 Å². The van der Waals surface area contributed by atoms with E-state index in [-0.39, 0.29) is 10.8 Å². The van der Waals surface area contributed by atoms with Gasteiger partial charge in [-0.25, -0.2) is 8.42 Å². The van der Waals surface area contributed by atoms with Crippen molar-refractivity contribution in [2.24, 2.45) is 5.92 Å². The molecule has 0 aromatic heterocycles. The van der Waals surface area contributed by atoms with Crippen LogP contribution in [0.3, 0.4) is 0 Å². The molecule has 120 valence electrons. The van der Waals surface area contributed by atoms with Crippen LogP contribution in [0.15, 0.2) is 23.1 Å². The van der Waals surface area contributed by atoms with Gasteiger partial charge in [-0.15, -0.1) is 0 Å². The van der Waals surface area contributed by atoms with Crippen LogP contribution in [0.2, 0.25) is 0 Å². The Balaban J connectivity index is 3.12. The number of nitrogen functional groups attached to an aromatic ring is 1. The van der Waals surface area contributed by atoms with Gasteiger partial charge in [-0.3, -0.25) is 0 Å². The molecule has 0 fully saturated rings. The summed E-state index contributed by atoms with van der Waals surface area (Å²) in [6.45, 7) is 7.55. The predicted molar refractivity (Wildman–Crippen MR) is 87.7 cm³/mol. The van der Waals surface area contributed by atoms with Gasteiger partial charge in [0.25, 0.3) is 0 Å². The lowest BCUT2D eigenvalue weighted by atomic mass is 10.2. The number of benzene rings is 1. The largest absolute Gasteiger partial charge is 0.399 e. The molecule has 0 atom stereocenters. The summed E-state index contributed by atoms with van der Waals surface area (Å²) in [5.74, 6) is 0.268. The lowest BCUT2D eigenvalue weighted by molar-refractivity contribution is 0.312. The Kier molecular flexibility index (Phi) is 6.19. The number of likely N-dealkylation sites (N-methyl/N-ethyl adjacent to an activating group) is 1. The Morgan fingerprint density at radius 2 is 1.76 bits per heavy atom. The van der Waals surface area contributed by atoms with Gasteiger partial charge in [-0.05, 0) is 50.7 Å². The Bertz CT molecular complexity index is 548. The van der Waals surface area contributed by atoms with Crippen LogP contribution in [0.5, 0.6) is 0 Å². The van der Waals surface area contributed by atoms with E-state index in [1.165, 1.54) is 6.07 Å². The van der Waals surface area contributed by atoms with Crippen LogP contribution in [0.4, 0.5) is 5.69 Å². The average molecular weight is 313 g/mol. The number of rotatable bonds is 7. The van der Waals surface area contributed by atoms with E-state index in [0.717, 1.165) is 5.56 Å². The molecule has 1 aromatic carbocycles. The molecule has 0 aliphatic carbocycles. The van der Waals surface area contributed by atoms with Crippen molar-refractivity contribution in [3.05, 3.63) is 23.8 Å². The fourth-order valence-electron chi connectivity index (χ4n) is 2.10. The lowest BCUT2D eigenvalue weighted by Crippen LogP contribution is -2.39. The molecule has 0 radical (unpaired) electrons. The zero-order chi connectivity index (χ0) is 16.2. The molecule has 1 aromatic rings. The summed E-state index contributed by atoms with van der Waals surface area (Å²) in [6.07, 6.45) is 0. The highest BCUT2D eigenvalue weighted by molar-refractivity contribution is 7.89. The summed E-state index contributed by atoms with van der Waals surface area (Å²) in [7, 11) is 0.361. The van der Waals surface area contributed by atoms with Gasteiger partial charge >= 0.3 is 0 Å². The number of hydrogen-bond acceptors (Lipinski definition) is 4. The third-order valence-corrected chi connectivity index (χ3v) is 4.92.